The molecular formula is C14H18BrFN2O. The van der Waals surface area contributed by atoms with Gasteiger partial charge in [-0.05, 0) is 65.9 Å². The van der Waals surface area contributed by atoms with Gasteiger partial charge in [0, 0.05) is 17.6 Å². The second kappa shape index (κ2) is 6.01. The molecule has 0 aliphatic carbocycles. The molecule has 104 valence electrons. The molecule has 0 radical (unpaired) electrons. The molecule has 1 aliphatic rings. The lowest BCUT2D eigenvalue weighted by Gasteiger charge is -2.31. The Labute approximate surface area is 121 Å². The highest BCUT2D eigenvalue weighted by atomic mass is 79.9. The van der Waals surface area contributed by atoms with E-state index in [-0.39, 0.29) is 11.7 Å². The summed E-state index contributed by atoms with van der Waals surface area (Å²) >= 11 is 3.34. The summed E-state index contributed by atoms with van der Waals surface area (Å²) in [5.41, 5.74) is 6.57. The summed E-state index contributed by atoms with van der Waals surface area (Å²) in [6.07, 6.45) is 1.85. The molecule has 0 spiro atoms. The Bertz CT molecular complexity index is 485. The number of likely N-dealkylation sites (tertiary alicyclic amines) is 1. The van der Waals surface area contributed by atoms with E-state index in [4.69, 9.17) is 5.73 Å². The van der Waals surface area contributed by atoms with E-state index in [1.165, 1.54) is 6.07 Å². The lowest BCUT2D eigenvalue weighted by molar-refractivity contribution is 0.0692. The number of rotatable bonds is 2. The summed E-state index contributed by atoms with van der Waals surface area (Å²) in [5, 5.41) is 0. The smallest absolute Gasteiger partial charge is 0.255 e. The highest BCUT2D eigenvalue weighted by Gasteiger charge is 2.24. The van der Waals surface area contributed by atoms with Crippen molar-refractivity contribution in [3.63, 3.8) is 0 Å². The number of nitrogens with two attached hydrogens (primary N) is 1. The van der Waals surface area contributed by atoms with Crippen LogP contribution in [0.15, 0.2) is 16.6 Å². The van der Waals surface area contributed by atoms with Gasteiger partial charge in [-0.25, -0.2) is 4.39 Å². The zero-order valence-corrected chi connectivity index (χ0v) is 12.5. The maximum atomic E-state index is 13.6. The van der Waals surface area contributed by atoms with Gasteiger partial charge in [-0.3, -0.25) is 4.79 Å². The zero-order valence-electron chi connectivity index (χ0n) is 11.0. The van der Waals surface area contributed by atoms with Gasteiger partial charge in [0.15, 0.2) is 0 Å². The van der Waals surface area contributed by atoms with Crippen molar-refractivity contribution < 1.29 is 9.18 Å². The third kappa shape index (κ3) is 3.15. The molecular weight excluding hydrogens is 311 g/mol. The van der Waals surface area contributed by atoms with Crippen molar-refractivity contribution in [3.8, 4) is 0 Å². The summed E-state index contributed by atoms with van der Waals surface area (Å²) < 4.78 is 14.2. The Kier molecular flexibility index (Phi) is 4.58. The van der Waals surface area contributed by atoms with Gasteiger partial charge in [-0.15, -0.1) is 0 Å². The fourth-order valence-corrected chi connectivity index (χ4v) is 2.98. The first kappa shape index (κ1) is 14.5. The maximum Gasteiger partial charge on any atom is 0.255 e. The summed E-state index contributed by atoms with van der Waals surface area (Å²) in [6.45, 7) is 3.75. The average Bonchev–Trinajstić information content (AvgIpc) is 2.42. The van der Waals surface area contributed by atoms with Crippen LogP contribution in [0.5, 0.6) is 0 Å². The van der Waals surface area contributed by atoms with Crippen molar-refractivity contribution in [2.45, 2.75) is 19.8 Å². The highest BCUT2D eigenvalue weighted by molar-refractivity contribution is 9.10. The molecule has 0 atom stereocenters. The molecule has 19 heavy (non-hydrogen) atoms. The number of aryl methyl sites for hydroxylation is 1. The Morgan fingerprint density at radius 1 is 1.47 bits per heavy atom. The summed E-state index contributed by atoms with van der Waals surface area (Å²) in [6, 6.07) is 2.96. The van der Waals surface area contributed by atoms with Gasteiger partial charge in [-0.1, -0.05) is 0 Å². The fraction of sp³-hybridized carbons (Fsp3) is 0.500. The molecule has 5 heteroatoms. The fourth-order valence-electron chi connectivity index (χ4n) is 2.35. The van der Waals surface area contributed by atoms with E-state index in [1.54, 1.807) is 17.9 Å². The SMILES string of the molecule is Cc1cc(Br)c(C(=O)N2CCC(CN)CC2)cc1F. The van der Waals surface area contributed by atoms with Crippen LogP contribution in [0.1, 0.15) is 28.8 Å². The lowest BCUT2D eigenvalue weighted by atomic mass is 9.96. The van der Waals surface area contributed by atoms with Crippen molar-refractivity contribution in [3.05, 3.63) is 33.5 Å². The van der Waals surface area contributed by atoms with E-state index in [9.17, 15) is 9.18 Å². The molecule has 0 saturated carbocycles. The van der Waals surface area contributed by atoms with Crippen LogP contribution < -0.4 is 5.73 Å². The standard InChI is InChI=1S/C14H18BrFN2O/c1-9-6-12(15)11(7-13(9)16)14(19)18-4-2-10(8-17)3-5-18/h6-7,10H,2-5,8,17H2,1H3. The van der Waals surface area contributed by atoms with Gasteiger partial charge in [0.25, 0.3) is 5.91 Å². The van der Waals surface area contributed by atoms with Crippen LogP contribution in [-0.2, 0) is 0 Å². The van der Waals surface area contributed by atoms with Crippen molar-refractivity contribution in [2.24, 2.45) is 11.7 Å². The van der Waals surface area contributed by atoms with Gasteiger partial charge in [0.05, 0.1) is 5.56 Å². The van der Waals surface area contributed by atoms with Crippen LogP contribution in [0.25, 0.3) is 0 Å². The number of carbonyl (C=O) groups is 1. The quantitative estimate of drug-likeness (QED) is 0.907. The number of hydrogen-bond acceptors (Lipinski definition) is 2. The number of nitrogens with zero attached hydrogens (tertiary/aromatic N) is 1. The highest BCUT2D eigenvalue weighted by Crippen LogP contribution is 2.24. The topological polar surface area (TPSA) is 46.3 Å². The van der Waals surface area contributed by atoms with Crippen molar-refractivity contribution >= 4 is 21.8 Å². The lowest BCUT2D eigenvalue weighted by Crippen LogP contribution is -2.40. The molecule has 3 nitrogen and oxygen atoms in total. The minimum Gasteiger partial charge on any atom is -0.339 e. The summed E-state index contributed by atoms with van der Waals surface area (Å²) in [5.74, 6) is 0.0480. The van der Waals surface area contributed by atoms with Gasteiger partial charge < -0.3 is 10.6 Å². The number of benzene rings is 1. The minimum atomic E-state index is -0.344. The number of hydrogen-bond donors (Lipinski definition) is 1. The molecule has 1 heterocycles. The average molecular weight is 329 g/mol. The van der Waals surface area contributed by atoms with Crippen molar-refractivity contribution in [2.75, 3.05) is 19.6 Å². The molecule has 1 aromatic rings. The van der Waals surface area contributed by atoms with E-state index in [0.717, 1.165) is 12.8 Å². The van der Waals surface area contributed by atoms with E-state index in [2.05, 4.69) is 15.9 Å². The summed E-state index contributed by atoms with van der Waals surface area (Å²) in [7, 11) is 0. The Morgan fingerprint density at radius 2 is 2.11 bits per heavy atom. The zero-order chi connectivity index (χ0) is 14.0. The second-order valence-corrected chi connectivity index (χ2v) is 5.91. The monoisotopic (exact) mass is 328 g/mol. The first-order valence-electron chi connectivity index (χ1n) is 6.48. The number of amides is 1. The van der Waals surface area contributed by atoms with E-state index in [0.29, 0.717) is 41.2 Å². The maximum absolute atomic E-state index is 13.6. The molecule has 1 saturated heterocycles. The normalized spacial score (nSPS) is 16.7. The van der Waals surface area contributed by atoms with Gasteiger partial charge >= 0.3 is 0 Å². The first-order chi connectivity index (χ1) is 9.02. The van der Waals surface area contributed by atoms with Crippen LogP contribution in [0.2, 0.25) is 0 Å². The van der Waals surface area contributed by atoms with Crippen LogP contribution in [0.4, 0.5) is 4.39 Å². The molecule has 2 rings (SSSR count). The Hall–Kier alpha value is -0.940. The van der Waals surface area contributed by atoms with Gasteiger partial charge in [-0.2, -0.15) is 0 Å². The largest absolute Gasteiger partial charge is 0.339 e. The predicted octanol–water partition coefficient (Wildman–Crippen LogP) is 2.71. The van der Waals surface area contributed by atoms with Crippen LogP contribution >= 0.6 is 15.9 Å². The summed E-state index contributed by atoms with van der Waals surface area (Å²) in [4.78, 5) is 14.2. The Morgan fingerprint density at radius 3 is 2.68 bits per heavy atom. The van der Waals surface area contributed by atoms with Gasteiger partial charge in [0.2, 0.25) is 0 Å². The number of halogens is 2. The molecule has 0 aromatic heterocycles. The minimum absolute atomic E-state index is 0.110. The van der Waals surface area contributed by atoms with E-state index < -0.39 is 0 Å². The van der Waals surface area contributed by atoms with E-state index >= 15 is 0 Å². The third-order valence-electron chi connectivity index (χ3n) is 3.71. The van der Waals surface area contributed by atoms with Gasteiger partial charge in [0.1, 0.15) is 5.82 Å². The molecule has 2 N–H and O–H groups in total. The second-order valence-electron chi connectivity index (χ2n) is 5.05. The molecule has 1 fully saturated rings. The molecule has 0 bridgehead atoms. The molecule has 0 unspecified atom stereocenters. The van der Waals surface area contributed by atoms with E-state index in [1.807, 2.05) is 0 Å². The Balaban J connectivity index is 2.14. The number of carbonyl (C=O) groups excluding carboxylic acids is 1. The third-order valence-corrected chi connectivity index (χ3v) is 4.37. The van der Waals surface area contributed by atoms with Crippen LogP contribution in [0, 0.1) is 18.7 Å². The van der Waals surface area contributed by atoms with Crippen LogP contribution in [0.3, 0.4) is 0 Å². The molecule has 1 amide bonds. The molecule has 1 aliphatic heterocycles. The van der Waals surface area contributed by atoms with Crippen molar-refractivity contribution in [1.29, 1.82) is 0 Å². The van der Waals surface area contributed by atoms with Crippen molar-refractivity contribution in [1.82, 2.24) is 4.90 Å². The predicted molar refractivity (Wildman–Crippen MR) is 76.5 cm³/mol. The number of piperidine rings is 1. The van der Waals surface area contributed by atoms with Crippen LogP contribution in [-0.4, -0.2) is 30.4 Å². The first-order valence-corrected chi connectivity index (χ1v) is 7.27. The molecule has 1 aromatic carbocycles.